The standard InChI is InChI=1S/C15H32N2.C7H9ClN2O2S.C6H8S/c1-5-11-17(14(6-2)7-3)15-9-12-16(8-4)13-10-15;1-5-7(8)3-6(4-9-5)10-13(2,11)12;1-5-3-4-6(2)7-5/h14-15H,5-13H2,1-4H3;3-4,10H,1-2H3;3-4H,1-2H3. The predicted molar refractivity (Wildman–Crippen MR) is 163 cm³/mol. The predicted octanol–water partition coefficient (Wildman–Crippen LogP) is 7.15. The van der Waals surface area contributed by atoms with Gasteiger partial charge in [-0.2, -0.15) is 0 Å². The van der Waals surface area contributed by atoms with Crippen LogP contribution in [0.2, 0.25) is 5.02 Å². The van der Waals surface area contributed by atoms with E-state index >= 15 is 0 Å². The summed E-state index contributed by atoms with van der Waals surface area (Å²) in [6.45, 7) is 20.4. The first-order valence-electron chi connectivity index (χ1n) is 13.5. The number of aryl methyl sites for hydroxylation is 3. The summed E-state index contributed by atoms with van der Waals surface area (Å²) in [5.74, 6) is 0. The molecular weight excluding hydrogens is 524 g/mol. The van der Waals surface area contributed by atoms with E-state index in [9.17, 15) is 8.42 Å². The van der Waals surface area contributed by atoms with Crippen molar-refractivity contribution in [1.82, 2.24) is 14.8 Å². The number of nitrogens with zero attached hydrogens (tertiary/aromatic N) is 3. The molecular formula is C28H49ClN4O2S2. The normalized spacial score (nSPS) is 14.7. The zero-order valence-corrected chi connectivity index (χ0v) is 26.6. The van der Waals surface area contributed by atoms with Crippen LogP contribution in [0.1, 0.15) is 75.2 Å². The van der Waals surface area contributed by atoms with Gasteiger partial charge in [-0.05, 0) is 97.3 Å². The number of halogens is 1. The molecule has 37 heavy (non-hydrogen) atoms. The van der Waals surface area contributed by atoms with Crippen LogP contribution in [0.25, 0.3) is 0 Å². The number of nitrogens with one attached hydrogen (secondary N) is 1. The molecule has 9 heteroatoms. The molecule has 3 heterocycles. The van der Waals surface area contributed by atoms with E-state index in [0.717, 1.165) is 18.3 Å². The van der Waals surface area contributed by atoms with Crippen molar-refractivity contribution in [2.75, 3.05) is 37.2 Å². The second kappa shape index (κ2) is 17.4. The van der Waals surface area contributed by atoms with Crippen molar-refractivity contribution in [2.45, 2.75) is 92.7 Å². The van der Waals surface area contributed by atoms with Crippen molar-refractivity contribution in [3.8, 4) is 0 Å². The van der Waals surface area contributed by atoms with E-state index < -0.39 is 10.0 Å². The fraction of sp³-hybridized carbons (Fsp3) is 0.679. The van der Waals surface area contributed by atoms with E-state index in [2.05, 4.69) is 73.2 Å². The average Bonchev–Trinajstić information content (AvgIpc) is 3.24. The number of hydrogen-bond donors (Lipinski definition) is 1. The molecule has 1 N–H and O–H groups in total. The molecule has 2 aromatic heterocycles. The van der Waals surface area contributed by atoms with Crippen LogP contribution < -0.4 is 4.72 Å². The molecule has 6 nitrogen and oxygen atoms in total. The fourth-order valence-corrected chi connectivity index (χ4v) is 6.07. The fourth-order valence-electron chi connectivity index (χ4n) is 4.58. The number of likely N-dealkylation sites (tertiary alicyclic amines) is 1. The molecule has 0 saturated carbocycles. The Morgan fingerprint density at radius 2 is 1.68 bits per heavy atom. The van der Waals surface area contributed by atoms with Crippen LogP contribution in [0.15, 0.2) is 24.4 Å². The third-order valence-corrected chi connectivity index (χ3v) is 8.47. The van der Waals surface area contributed by atoms with Gasteiger partial charge in [0.25, 0.3) is 0 Å². The largest absolute Gasteiger partial charge is 0.303 e. The number of piperidine rings is 1. The van der Waals surface area contributed by atoms with Crippen molar-refractivity contribution in [1.29, 1.82) is 0 Å². The number of sulfonamides is 1. The van der Waals surface area contributed by atoms with Gasteiger partial charge in [-0.25, -0.2) is 8.42 Å². The molecule has 0 atom stereocenters. The van der Waals surface area contributed by atoms with Gasteiger partial charge in [-0.1, -0.05) is 39.3 Å². The van der Waals surface area contributed by atoms with Crippen LogP contribution in [-0.2, 0) is 10.0 Å². The second-order valence-corrected chi connectivity index (χ2v) is 13.3. The van der Waals surface area contributed by atoms with Crippen molar-refractivity contribution in [2.24, 2.45) is 0 Å². The van der Waals surface area contributed by atoms with Gasteiger partial charge < -0.3 is 4.90 Å². The van der Waals surface area contributed by atoms with Gasteiger partial charge in [0, 0.05) is 21.8 Å². The van der Waals surface area contributed by atoms with Gasteiger partial charge in [-0.15, -0.1) is 11.3 Å². The third kappa shape index (κ3) is 13.4. The first kappa shape index (κ1) is 33.8. The topological polar surface area (TPSA) is 65.5 Å². The minimum absolute atomic E-state index is 0.373. The van der Waals surface area contributed by atoms with Gasteiger partial charge in [0.2, 0.25) is 10.0 Å². The van der Waals surface area contributed by atoms with Crippen molar-refractivity contribution in [3.05, 3.63) is 44.9 Å². The molecule has 0 amide bonds. The monoisotopic (exact) mass is 572 g/mol. The van der Waals surface area contributed by atoms with E-state index in [1.54, 1.807) is 6.92 Å². The number of hydrogen-bond acceptors (Lipinski definition) is 6. The first-order chi connectivity index (χ1) is 17.4. The van der Waals surface area contributed by atoms with Crippen LogP contribution in [0.4, 0.5) is 5.69 Å². The molecule has 0 unspecified atom stereocenters. The lowest BCUT2D eigenvalue weighted by molar-refractivity contribution is 0.0710. The Balaban J connectivity index is 0.000000301. The lowest BCUT2D eigenvalue weighted by Crippen LogP contribution is -2.49. The zero-order chi connectivity index (χ0) is 28.0. The molecule has 212 valence electrons. The zero-order valence-electron chi connectivity index (χ0n) is 24.2. The lowest BCUT2D eigenvalue weighted by atomic mass is 9.99. The summed E-state index contributed by atoms with van der Waals surface area (Å²) in [6.07, 6.45) is 9.16. The third-order valence-electron chi connectivity index (χ3n) is 6.57. The smallest absolute Gasteiger partial charge is 0.229 e. The number of anilines is 1. The summed E-state index contributed by atoms with van der Waals surface area (Å²) in [4.78, 5) is 12.1. The van der Waals surface area contributed by atoms with Crippen LogP contribution in [0, 0.1) is 20.8 Å². The van der Waals surface area contributed by atoms with E-state index in [4.69, 9.17) is 11.6 Å². The highest BCUT2D eigenvalue weighted by Crippen LogP contribution is 2.22. The maximum Gasteiger partial charge on any atom is 0.229 e. The highest BCUT2D eigenvalue weighted by Gasteiger charge is 2.27. The highest BCUT2D eigenvalue weighted by atomic mass is 35.5. The summed E-state index contributed by atoms with van der Waals surface area (Å²) in [5, 5.41) is 0.439. The molecule has 1 aliphatic rings. The van der Waals surface area contributed by atoms with E-state index in [1.165, 1.54) is 80.3 Å². The Morgan fingerprint density at radius 1 is 1.11 bits per heavy atom. The van der Waals surface area contributed by atoms with Gasteiger partial charge in [0.15, 0.2) is 0 Å². The second-order valence-electron chi connectivity index (χ2n) is 9.70. The van der Waals surface area contributed by atoms with Crippen LogP contribution in [-0.4, -0.2) is 67.7 Å². The van der Waals surface area contributed by atoms with Crippen molar-refractivity contribution < 1.29 is 8.42 Å². The molecule has 3 rings (SSSR count). The minimum Gasteiger partial charge on any atom is -0.303 e. The van der Waals surface area contributed by atoms with Gasteiger partial charge in [0.1, 0.15) is 0 Å². The average molecular weight is 573 g/mol. The van der Waals surface area contributed by atoms with Crippen molar-refractivity contribution in [3.63, 3.8) is 0 Å². The number of aromatic nitrogens is 1. The minimum atomic E-state index is -3.26. The Labute approximate surface area is 235 Å². The Morgan fingerprint density at radius 3 is 2.05 bits per heavy atom. The first-order valence-corrected chi connectivity index (χ1v) is 16.6. The van der Waals surface area contributed by atoms with Crippen LogP contribution >= 0.6 is 22.9 Å². The summed E-state index contributed by atoms with van der Waals surface area (Å²) < 4.78 is 23.9. The van der Waals surface area contributed by atoms with E-state index in [-0.39, 0.29) is 0 Å². The molecule has 1 aliphatic heterocycles. The molecule has 0 aromatic carbocycles. The Bertz CT molecular complexity index is 985. The van der Waals surface area contributed by atoms with Crippen molar-refractivity contribution >= 4 is 38.6 Å². The maximum atomic E-state index is 10.8. The summed E-state index contributed by atoms with van der Waals surface area (Å²) in [5.41, 5.74) is 1.04. The molecule has 0 aliphatic carbocycles. The van der Waals surface area contributed by atoms with Gasteiger partial charge in [0.05, 0.1) is 28.9 Å². The summed E-state index contributed by atoms with van der Waals surface area (Å²) in [7, 11) is -3.26. The molecule has 1 saturated heterocycles. The lowest BCUT2D eigenvalue weighted by Gasteiger charge is -2.42. The SMILES string of the molecule is CCCN(C(CC)CC)C1CCN(CC)CC1.Cc1ccc(C)s1.Cc1ncc(NS(C)(=O)=O)cc1Cl. The number of pyridine rings is 1. The Kier molecular flexibility index (Phi) is 15.9. The van der Waals surface area contributed by atoms with Crippen LogP contribution in [0.5, 0.6) is 0 Å². The van der Waals surface area contributed by atoms with E-state index in [1.807, 2.05) is 11.3 Å². The highest BCUT2D eigenvalue weighted by molar-refractivity contribution is 7.92. The summed E-state index contributed by atoms with van der Waals surface area (Å²) >= 11 is 7.59. The quantitative estimate of drug-likeness (QED) is 0.345. The maximum absolute atomic E-state index is 10.8. The summed E-state index contributed by atoms with van der Waals surface area (Å²) in [6, 6.07) is 7.46. The molecule has 1 fully saturated rings. The van der Waals surface area contributed by atoms with Gasteiger partial charge in [-0.3, -0.25) is 14.6 Å². The van der Waals surface area contributed by atoms with Crippen LogP contribution in [0.3, 0.4) is 0 Å². The van der Waals surface area contributed by atoms with E-state index in [0.29, 0.717) is 16.4 Å². The molecule has 0 radical (unpaired) electrons. The number of rotatable bonds is 9. The molecule has 2 aromatic rings. The Hall–Kier alpha value is -1.19. The molecule has 0 spiro atoms. The van der Waals surface area contributed by atoms with Gasteiger partial charge >= 0.3 is 0 Å². The number of thiophene rings is 1. The molecule has 0 bridgehead atoms.